The molecule has 0 fully saturated rings. The van der Waals surface area contributed by atoms with Crippen molar-refractivity contribution in [3.63, 3.8) is 0 Å². The SMILES string of the molecule is Cc1cc(C)cc(N/C=C(\C#N)C(=O)Nc2ccccc2)c1. The van der Waals surface area contributed by atoms with Crippen LogP contribution in [0, 0.1) is 25.2 Å². The van der Waals surface area contributed by atoms with Crippen LogP contribution in [0.2, 0.25) is 0 Å². The zero-order valence-corrected chi connectivity index (χ0v) is 12.6. The fraction of sp³-hybridized carbons (Fsp3) is 0.111. The number of rotatable bonds is 4. The Hall–Kier alpha value is -3.06. The molecular weight excluding hydrogens is 274 g/mol. The summed E-state index contributed by atoms with van der Waals surface area (Å²) in [6.45, 7) is 3.99. The number of amides is 1. The molecule has 0 unspecified atom stereocenters. The summed E-state index contributed by atoms with van der Waals surface area (Å²) in [4.78, 5) is 12.1. The quantitative estimate of drug-likeness (QED) is 0.666. The molecule has 0 heterocycles. The van der Waals surface area contributed by atoms with E-state index in [2.05, 4.69) is 16.7 Å². The van der Waals surface area contributed by atoms with Crippen molar-refractivity contribution < 1.29 is 4.79 Å². The minimum absolute atomic E-state index is 0.0167. The van der Waals surface area contributed by atoms with Crippen molar-refractivity contribution in [1.82, 2.24) is 0 Å². The maximum absolute atomic E-state index is 12.1. The standard InChI is InChI=1S/C18H17N3O/c1-13-8-14(2)10-17(9-13)20-12-15(11-19)18(22)21-16-6-4-3-5-7-16/h3-10,12,20H,1-2H3,(H,21,22)/b15-12+. The lowest BCUT2D eigenvalue weighted by molar-refractivity contribution is -0.112. The first-order valence-corrected chi connectivity index (χ1v) is 6.90. The third-order valence-electron chi connectivity index (χ3n) is 3.00. The van der Waals surface area contributed by atoms with E-state index in [9.17, 15) is 4.79 Å². The van der Waals surface area contributed by atoms with Crippen molar-refractivity contribution in [2.24, 2.45) is 0 Å². The van der Waals surface area contributed by atoms with E-state index in [0.717, 1.165) is 16.8 Å². The van der Waals surface area contributed by atoms with Crippen molar-refractivity contribution >= 4 is 17.3 Å². The Labute approximate surface area is 130 Å². The molecule has 1 amide bonds. The van der Waals surface area contributed by atoms with Gasteiger partial charge in [0.2, 0.25) is 0 Å². The van der Waals surface area contributed by atoms with Crippen LogP contribution in [0.1, 0.15) is 11.1 Å². The van der Waals surface area contributed by atoms with E-state index in [1.807, 2.05) is 50.2 Å². The van der Waals surface area contributed by atoms with Gasteiger partial charge in [0.05, 0.1) is 0 Å². The van der Waals surface area contributed by atoms with Gasteiger partial charge in [-0.25, -0.2) is 0 Å². The van der Waals surface area contributed by atoms with Gasteiger partial charge in [-0.3, -0.25) is 4.79 Å². The predicted octanol–water partition coefficient (Wildman–Crippen LogP) is 3.76. The average molecular weight is 291 g/mol. The molecule has 0 saturated carbocycles. The Morgan fingerprint density at radius 3 is 2.27 bits per heavy atom. The van der Waals surface area contributed by atoms with Crippen LogP contribution in [0.4, 0.5) is 11.4 Å². The van der Waals surface area contributed by atoms with Gasteiger partial charge < -0.3 is 10.6 Å². The lowest BCUT2D eigenvalue weighted by atomic mass is 10.1. The first kappa shape index (κ1) is 15.3. The molecule has 0 atom stereocenters. The van der Waals surface area contributed by atoms with Crippen LogP contribution in [0.25, 0.3) is 0 Å². The highest BCUT2D eigenvalue weighted by Crippen LogP contribution is 2.14. The second-order valence-electron chi connectivity index (χ2n) is 5.01. The minimum Gasteiger partial charge on any atom is -0.360 e. The normalized spacial score (nSPS) is 10.7. The maximum Gasteiger partial charge on any atom is 0.267 e. The van der Waals surface area contributed by atoms with Crippen LogP contribution < -0.4 is 10.6 Å². The zero-order chi connectivity index (χ0) is 15.9. The summed E-state index contributed by atoms with van der Waals surface area (Å²) in [5.41, 5.74) is 3.74. The van der Waals surface area contributed by atoms with Crippen molar-refractivity contribution in [3.05, 3.63) is 71.4 Å². The molecule has 4 heteroatoms. The molecule has 2 aromatic carbocycles. The third kappa shape index (κ3) is 4.22. The number of carbonyl (C=O) groups excluding carboxylic acids is 1. The Morgan fingerprint density at radius 1 is 1.05 bits per heavy atom. The van der Waals surface area contributed by atoms with E-state index in [1.54, 1.807) is 12.1 Å². The highest BCUT2D eigenvalue weighted by Gasteiger charge is 2.08. The molecule has 2 rings (SSSR count). The van der Waals surface area contributed by atoms with Gasteiger partial charge in [0.15, 0.2) is 0 Å². The van der Waals surface area contributed by atoms with Crippen molar-refractivity contribution in [2.75, 3.05) is 10.6 Å². The highest BCUT2D eigenvalue weighted by atomic mass is 16.1. The summed E-state index contributed by atoms with van der Waals surface area (Å²) in [5, 5.41) is 14.8. The third-order valence-corrected chi connectivity index (χ3v) is 3.00. The highest BCUT2D eigenvalue weighted by molar-refractivity contribution is 6.06. The Kier molecular flexibility index (Phi) is 4.94. The number of para-hydroxylation sites is 1. The molecule has 0 spiro atoms. The lowest BCUT2D eigenvalue weighted by Gasteiger charge is -2.06. The van der Waals surface area contributed by atoms with Gasteiger partial charge >= 0.3 is 0 Å². The fourth-order valence-electron chi connectivity index (χ4n) is 2.08. The molecule has 0 saturated heterocycles. The van der Waals surface area contributed by atoms with E-state index in [0.29, 0.717) is 5.69 Å². The fourth-order valence-corrected chi connectivity index (χ4v) is 2.08. The number of nitrogens with zero attached hydrogens (tertiary/aromatic N) is 1. The number of nitrogens with one attached hydrogen (secondary N) is 2. The Bertz CT molecular complexity index is 722. The topological polar surface area (TPSA) is 64.9 Å². The van der Waals surface area contributed by atoms with E-state index >= 15 is 0 Å². The van der Waals surface area contributed by atoms with Crippen LogP contribution in [0.5, 0.6) is 0 Å². The first-order chi connectivity index (χ1) is 10.6. The number of hydrogen-bond donors (Lipinski definition) is 2. The van der Waals surface area contributed by atoms with Gasteiger partial charge in [-0.05, 0) is 49.2 Å². The van der Waals surface area contributed by atoms with E-state index < -0.39 is 5.91 Å². The van der Waals surface area contributed by atoms with Crippen molar-refractivity contribution in [1.29, 1.82) is 5.26 Å². The van der Waals surface area contributed by atoms with Gasteiger partial charge in [-0.1, -0.05) is 24.3 Å². The summed E-state index contributed by atoms with van der Waals surface area (Å²) in [5.74, 6) is -0.439. The molecule has 110 valence electrons. The number of anilines is 2. The molecule has 0 aliphatic heterocycles. The summed E-state index contributed by atoms with van der Waals surface area (Å²) >= 11 is 0. The summed E-state index contributed by atoms with van der Waals surface area (Å²) in [6, 6.07) is 16.9. The van der Waals surface area contributed by atoms with E-state index in [4.69, 9.17) is 5.26 Å². The smallest absolute Gasteiger partial charge is 0.267 e. The van der Waals surface area contributed by atoms with E-state index in [-0.39, 0.29) is 5.57 Å². The maximum atomic E-state index is 12.1. The van der Waals surface area contributed by atoms with Gasteiger partial charge in [-0.2, -0.15) is 5.26 Å². The average Bonchev–Trinajstić information content (AvgIpc) is 2.48. The summed E-state index contributed by atoms with van der Waals surface area (Å²) in [7, 11) is 0. The minimum atomic E-state index is -0.439. The second kappa shape index (κ2) is 7.09. The number of aryl methyl sites for hydroxylation is 2. The van der Waals surface area contributed by atoms with Gasteiger partial charge in [0, 0.05) is 17.6 Å². The second-order valence-corrected chi connectivity index (χ2v) is 5.01. The molecule has 4 nitrogen and oxygen atoms in total. The van der Waals surface area contributed by atoms with Gasteiger partial charge in [0.25, 0.3) is 5.91 Å². The molecule has 0 radical (unpaired) electrons. The predicted molar refractivity (Wildman–Crippen MR) is 88.3 cm³/mol. The zero-order valence-electron chi connectivity index (χ0n) is 12.6. The monoisotopic (exact) mass is 291 g/mol. The molecule has 22 heavy (non-hydrogen) atoms. The molecule has 0 bridgehead atoms. The van der Waals surface area contributed by atoms with Crippen LogP contribution >= 0.6 is 0 Å². The number of benzene rings is 2. The largest absolute Gasteiger partial charge is 0.360 e. The first-order valence-electron chi connectivity index (χ1n) is 6.90. The van der Waals surface area contributed by atoms with Crippen LogP contribution in [0.3, 0.4) is 0 Å². The molecule has 2 N–H and O–H groups in total. The number of nitriles is 1. The summed E-state index contributed by atoms with van der Waals surface area (Å²) < 4.78 is 0. The van der Waals surface area contributed by atoms with Crippen molar-refractivity contribution in [3.8, 4) is 6.07 Å². The molecule has 0 aromatic heterocycles. The molecular formula is C18H17N3O. The number of hydrogen-bond acceptors (Lipinski definition) is 3. The van der Waals surface area contributed by atoms with Gasteiger partial charge in [0.1, 0.15) is 11.6 Å². The van der Waals surface area contributed by atoms with Gasteiger partial charge in [-0.15, -0.1) is 0 Å². The van der Waals surface area contributed by atoms with Crippen LogP contribution in [-0.2, 0) is 4.79 Å². The summed E-state index contributed by atoms with van der Waals surface area (Å²) in [6.07, 6.45) is 1.42. The molecule has 0 aliphatic rings. The number of carbonyl (C=O) groups is 1. The molecule has 2 aromatic rings. The van der Waals surface area contributed by atoms with E-state index in [1.165, 1.54) is 6.20 Å². The van der Waals surface area contributed by atoms with Crippen LogP contribution in [-0.4, -0.2) is 5.91 Å². The van der Waals surface area contributed by atoms with Crippen molar-refractivity contribution in [2.45, 2.75) is 13.8 Å². The lowest BCUT2D eigenvalue weighted by Crippen LogP contribution is -2.14. The Balaban J connectivity index is 2.10. The van der Waals surface area contributed by atoms with Crippen LogP contribution in [0.15, 0.2) is 60.3 Å². The molecule has 0 aliphatic carbocycles. The Morgan fingerprint density at radius 2 is 1.68 bits per heavy atom.